The minimum Gasteiger partial charge on any atom is -0.363 e. The van der Waals surface area contributed by atoms with Crippen molar-refractivity contribution in [1.29, 1.82) is 5.26 Å². The molecule has 0 N–H and O–H groups in total. The predicted octanol–water partition coefficient (Wildman–Crippen LogP) is 2.22. The predicted molar refractivity (Wildman–Crippen MR) is 48.3 cm³/mol. The highest BCUT2D eigenvalue weighted by Crippen LogP contribution is 2.31. The summed E-state index contributed by atoms with van der Waals surface area (Å²) in [5, 5.41) is 12.4. The molecule has 0 amide bonds. The molecule has 1 rings (SSSR count). The van der Waals surface area contributed by atoms with Crippen LogP contribution in [0.1, 0.15) is 25.1 Å². The summed E-state index contributed by atoms with van der Waals surface area (Å²) >= 11 is 2.21. The van der Waals surface area contributed by atoms with Crippen molar-refractivity contribution >= 4 is 22.6 Å². The van der Waals surface area contributed by atoms with Gasteiger partial charge in [-0.25, -0.2) is 0 Å². The summed E-state index contributed by atoms with van der Waals surface area (Å²) in [6.45, 7) is 3.96. The summed E-state index contributed by atoms with van der Waals surface area (Å²) in [4.78, 5) is 0. The smallest absolute Gasteiger partial charge is 0.141 e. The molecule has 11 heavy (non-hydrogen) atoms. The van der Waals surface area contributed by atoms with Gasteiger partial charge in [-0.05, 0) is 13.8 Å². The van der Waals surface area contributed by atoms with E-state index in [-0.39, 0.29) is 3.42 Å². The quantitative estimate of drug-likeness (QED) is 0.576. The molecular formula is C7H7IN2O. The third-order valence-corrected chi connectivity index (χ3v) is 1.76. The summed E-state index contributed by atoms with van der Waals surface area (Å²) in [5.74, 6) is 0. The van der Waals surface area contributed by atoms with E-state index >= 15 is 0 Å². The van der Waals surface area contributed by atoms with E-state index in [1.165, 1.54) is 6.26 Å². The Balaban J connectivity index is 3.15. The average molecular weight is 262 g/mol. The van der Waals surface area contributed by atoms with Gasteiger partial charge in [-0.2, -0.15) is 5.26 Å². The van der Waals surface area contributed by atoms with Crippen LogP contribution in [0.15, 0.2) is 10.8 Å². The summed E-state index contributed by atoms with van der Waals surface area (Å²) in [6.07, 6.45) is 1.37. The second kappa shape index (κ2) is 2.81. The minimum absolute atomic E-state index is 0.143. The average Bonchev–Trinajstić information content (AvgIpc) is 2.31. The first kappa shape index (κ1) is 8.53. The SMILES string of the molecule is CC(C)(I)c1nocc1C#N. The number of nitrogens with zero attached hydrogens (tertiary/aromatic N) is 2. The summed E-state index contributed by atoms with van der Waals surface area (Å²) < 4.78 is 4.54. The van der Waals surface area contributed by atoms with E-state index in [1.807, 2.05) is 19.9 Å². The number of halogens is 1. The number of hydrogen-bond acceptors (Lipinski definition) is 3. The van der Waals surface area contributed by atoms with Gasteiger partial charge in [-0.1, -0.05) is 27.7 Å². The number of hydrogen-bond donors (Lipinski definition) is 0. The van der Waals surface area contributed by atoms with Gasteiger partial charge in [0, 0.05) is 0 Å². The van der Waals surface area contributed by atoms with Crippen LogP contribution in [0.25, 0.3) is 0 Å². The Kier molecular flexibility index (Phi) is 2.18. The summed E-state index contributed by atoms with van der Waals surface area (Å²) in [7, 11) is 0. The molecule has 0 saturated carbocycles. The van der Waals surface area contributed by atoms with Crippen LogP contribution in [0.4, 0.5) is 0 Å². The maximum absolute atomic E-state index is 8.62. The van der Waals surface area contributed by atoms with E-state index in [4.69, 9.17) is 5.26 Å². The lowest BCUT2D eigenvalue weighted by Crippen LogP contribution is -2.08. The molecule has 0 aliphatic rings. The molecule has 58 valence electrons. The number of aromatic nitrogens is 1. The highest BCUT2D eigenvalue weighted by Gasteiger charge is 2.23. The van der Waals surface area contributed by atoms with Gasteiger partial charge in [-0.3, -0.25) is 0 Å². The van der Waals surface area contributed by atoms with E-state index < -0.39 is 0 Å². The zero-order chi connectivity index (χ0) is 8.48. The Morgan fingerprint density at radius 2 is 2.36 bits per heavy atom. The van der Waals surface area contributed by atoms with Crippen molar-refractivity contribution in [3.05, 3.63) is 17.5 Å². The fraction of sp³-hybridized carbons (Fsp3) is 0.429. The Morgan fingerprint density at radius 3 is 2.73 bits per heavy atom. The zero-order valence-electron chi connectivity index (χ0n) is 6.26. The molecule has 1 heterocycles. The molecule has 0 bridgehead atoms. The van der Waals surface area contributed by atoms with Crippen LogP contribution in [0.5, 0.6) is 0 Å². The molecule has 1 aromatic heterocycles. The van der Waals surface area contributed by atoms with Gasteiger partial charge >= 0.3 is 0 Å². The molecule has 0 aliphatic heterocycles. The molecule has 0 spiro atoms. The molecule has 0 unspecified atom stereocenters. The second-order valence-corrected chi connectivity index (χ2v) is 5.36. The van der Waals surface area contributed by atoms with Crippen LogP contribution < -0.4 is 0 Å². The third kappa shape index (κ3) is 1.71. The van der Waals surface area contributed by atoms with E-state index in [0.29, 0.717) is 11.3 Å². The van der Waals surface area contributed by atoms with Crippen molar-refractivity contribution in [1.82, 2.24) is 5.16 Å². The van der Waals surface area contributed by atoms with Crippen LogP contribution in [0, 0.1) is 11.3 Å². The molecular weight excluding hydrogens is 255 g/mol. The lowest BCUT2D eigenvalue weighted by atomic mass is 10.1. The molecule has 0 aromatic carbocycles. The summed E-state index contributed by atoms with van der Waals surface area (Å²) in [5.41, 5.74) is 1.23. The minimum atomic E-state index is -0.143. The van der Waals surface area contributed by atoms with Crippen LogP contribution in [-0.2, 0) is 3.42 Å². The Labute approximate surface area is 78.5 Å². The topological polar surface area (TPSA) is 49.8 Å². The van der Waals surface area contributed by atoms with Gasteiger partial charge in [0.15, 0.2) is 0 Å². The Bertz CT molecular complexity index is 292. The number of rotatable bonds is 1. The molecule has 3 nitrogen and oxygen atoms in total. The maximum atomic E-state index is 8.62. The van der Waals surface area contributed by atoms with Gasteiger partial charge in [0.25, 0.3) is 0 Å². The van der Waals surface area contributed by atoms with Crippen LogP contribution >= 0.6 is 22.6 Å². The highest BCUT2D eigenvalue weighted by molar-refractivity contribution is 14.1. The van der Waals surface area contributed by atoms with E-state index in [0.717, 1.165) is 0 Å². The molecule has 0 atom stereocenters. The van der Waals surface area contributed by atoms with Crippen LogP contribution in [0.3, 0.4) is 0 Å². The van der Waals surface area contributed by atoms with Gasteiger partial charge in [-0.15, -0.1) is 0 Å². The van der Waals surface area contributed by atoms with Gasteiger partial charge in [0.05, 0.1) is 3.42 Å². The number of nitriles is 1. The number of alkyl halides is 1. The first-order valence-corrected chi connectivity index (χ1v) is 4.17. The van der Waals surface area contributed by atoms with E-state index in [2.05, 4.69) is 32.3 Å². The maximum Gasteiger partial charge on any atom is 0.141 e. The van der Waals surface area contributed by atoms with Gasteiger partial charge in [0.1, 0.15) is 23.6 Å². The fourth-order valence-electron chi connectivity index (χ4n) is 0.745. The standard InChI is InChI=1S/C7H7IN2O/c1-7(2,8)6-5(3-9)4-11-10-6/h4H,1-2H3. The molecule has 4 heteroatoms. The van der Waals surface area contributed by atoms with Crippen molar-refractivity contribution in [2.24, 2.45) is 0 Å². The molecule has 0 radical (unpaired) electrons. The lowest BCUT2D eigenvalue weighted by molar-refractivity contribution is 0.407. The van der Waals surface area contributed by atoms with Crippen LogP contribution in [0.2, 0.25) is 0 Å². The summed E-state index contributed by atoms with van der Waals surface area (Å²) in [6, 6.07) is 2.02. The first-order chi connectivity index (χ1) is 5.05. The van der Waals surface area contributed by atoms with Gasteiger partial charge in [0.2, 0.25) is 0 Å². The van der Waals surface area contributed by atoms with Crippen molar-refractivity contribution in [2.45, 2.75) is 17.3 Å². The van der Waals surface area contributed by atoms with Crippen molar-refractivity contribution < 1.29 is 4.52 Å². The molecule has 1 aromatic rings. The van der Waals surface area contributed by atoms with Crippen molar-refractivity contribution in [3.63, 3.8) is 0 Å². The first-order valence-electron chi connectivity index (χ1n) is 3.09. The van der Waals surface area contributed by atoms with E-state index in [1.54, 1.807) is 0 Å². The Hall–Kier alpha value is -0.570. The largest absolute Gasteiger partial charge is 0.363 e. The Morgan fingerprint density at radius 1 is 1.73 bits per heavy atom. The highest BCUT2D eigenvalue weighted by atomic mass is 127. The fourth-order valence-corrected chi connectivity index (χ4v) is 1.13. The van der Waals surface area contributed by atoms with Gasteiger partial charge < -0.3 is 4.52 Å². The van der Waals surface area contributed by atoms with Crippen LogP contribution in [-0.4, -0.2) is 5.16 Å². The molecule has 0 aliphatic carbocycles. The monoisotopic (exact) mass is 262 g/mol. The van der Waals surface area contributed by atoms with Crippen molar-refractivity contribution in [2.75, 3.05) is 0 Å². The second-order valence-electron chi connectivity index (χ2n) is 2.66. The lowest BCUT2D eigenvalue weighted by Gasteiger charge is -2.11. The molecule has 0 fully saturated rings. The molecule has 0 saturated heterocycles. The van der Waals surface area contributed by atoms with E-state index in [9.17, 15) is 0 Å². The third-order valence-electron chi connectivity index (χ3n) is 1.25. The zero-order valence-corrected chi connectivity index (χ0v) is 8.42. The van der Waals surface area contributed by atoms with Crippen molar-refractivity contribution in [3.8, 4) is 6.07 Å². The normalized spacial score (nSPS) is 11.1.